The van der Waals surface area contributed by atoms with Crippen LogP contribution in [0.1, 0.15) is 44.2 Å². The first kappa shape index (κ1) is 13.0. The van der Waals surface area contributed by atoms with Crippen molar-refractivity contribution in [3.63, 3.8) is 0 Å². The monoisotopic (exact) mass is 299 g/mol. The topological polar surface area (TPSA) is 12.0 Å². The van der Waals surface area contributed by atoms with E-state index in [4.69, 9.17) is 0 Å². The Morgan fingerprint density at radius 2 is 2.24 bits per heavy atom. The first-order valence-electron chi connectivity index (χ1n) is 6.35. The van der Waals surface area contributed by atoms with Crippen LogP contribution in [0.2, 0.25) is 0 Å². The molecule has 0 heterocycles. The van der Waals surface area contributed by atoms with E-state index < -0.39 is 0 Å². The Bertz CT molecular complexity index is 376. The van der Waals surface area contributed by atoms with Crippen LogP contribution in [0.25, 0.3) is 0 Å². The zero-order valence-corrected chi connectivity index (χ0v) is 11.8. The number of hydrogen-bond donors (Lipinski definition) is 1. The van der Waals surface area contributed by atoms with Crippen LogP contribution in [0.5, 0.6) is 0 Å². The summed E-state index contributed by atoms with van der Waals surface area (Å²) in [7, 11) is 0. The van der Waals surface area contributed by atoms with Gasteiger partial charge in [0, 0.05) is 16.1 Å². The normalized spacial score (nSPS) is 17.1. The third-order valence-electron chi connectivity index (χ3n) is 3.37. The van der Waals surface area contributed by atoms with Crippen LogP contribution >= 0.6 is 15.9 Å². The second-order valence-corrected chi connectivity index (χ2v) is 5.84. The minimum atomic E-state index is -0.137. The van der Waals surface area contributed by atoms with E-state index in [1.54, 1.807) is 0 Å². The summed E-state index contributed by atoms with van der Waals surface area (Å²) in [6, 6.07) is 5.35. The second-order valence-electron chi connectivity index (χ2n) is 4.93. The van der Waals surface area contributed by atoms with Gasteiger partial charge in [-0.15, -0.1) is 0 Å². The zero-order valence-electron chi connectivity index (χ0n) is 10.2. The number of benzene rings is 1. The van der Waals surface area contributed by atoms with Gasteiger partial charge in [-0.05, 0) is 44.4 Å². The van der Waals surface area contributed by atoms with Gasteiger partial charge in [-0.2, -0.15) is 0 Å². The van der Waals surface area contributed by atoms with Gasteiger partial charge in [-0.25, -0.2) is 4.39 Å². The van der Waals surface area contributed by atoms with Crippen molar-refractivity contribution in [2.75, 3.05) is 6.54 Å². The molecule has 2 rings (SSSR count). The van der Waals surface area contributed by atoms with E-state index in [9.17, 15) is 4.39 Å². The molecule has 0 aliphatic heterocycles. The van der Waals surface area contributed by atoms with E-state index in [-0.39, 0.29) is 11.9 Å². The van der Waals surface area contributed by atoms with Gasteiger partial charge in [0.2, 0.25) is 0 Å². The Hall–Kier alpha value is -0.410. The van der Waals surface area contributed by atoms with E-state index >= 15 is 0 Å². The molecule has 1 saturated carbocycles. The molecule has 1 nitrogen and oxygen atoms in total. The van der Waals surface area contributed by atoms with E-state index in [1.807, 2.05) is 19.1 Å². The molecular formula is C14H19BrFN. The van der Waals surface area contributed by atoms with Crippen molar-refractivity contribution in [1.29, 1.82) is 0 Å². The zero-order chi connectivity index (χ0) is 12.3. The molecule has 1 aliphatic rings. The van der Waals surface area contributed by atoms with Crippen LogP contribution in [-0.2, 0) is 0 Å². The number of halogens is 2. The molecule has 1 N–H and O–H groups in total. The van der Waals surface area contributed by atoms with E-state index in [1.165, 1.54) is 31.7 Å². The van der Waals surface area contributed by atoms with E-state index in [0.29, 0.717) is 0 Å². The van der Waals surface area contributed by atoms with Crippen molar-refractivity contribution in [1.82, 2.24) is 5.32 Å². The smallest absolute Gasteiger partial charge is 0.129 e. The molecule has 1 aromatic carbocycles. The molecule has 3 heteroatoms. The van der Waals surface area contributed by atoms with Gasteiger partial charge in [0.05, 0.1) is 0 Å². The lowest BCUT2D eigenvalue weighted by Gasteiger charge is -2.15. The highest BCUT2D eigenvalue weighted by Gasteiger charge is 2.20. The molecule has 0 amide bonds. The summed E-state index contributed by atoms with van der Waals surface area (Å²) < 4.78 is 14.5. The number of rotatable bonds is 6. The minimum absolute atomic E-state index is 0.0855. The standard InChI is InChI=1S/C14H19BrFN/c1-10(17-8-2-3-11-4-5-11)13-7-6-12(15)9-14(13)16/h6-7,9-11,17H,2-5,8H2,1H3. The first-order chi connectivity index (χ1) is 8.16. The third-order valence-corrected chi connectivity index (χ3v) is 3.86. The molecule has 0 radical (unpaired) electrons. The SMILES string of the molecule is CC(NCCCC1CC1)c1ccc(Br)cc1F. The molecule has 94 valence electrons. The average Bonchev–Trinajstić information content (AvgIpc) is 3.08. The van der Waals surface area contributed by atoms with Crippen LogP contribution in [0.3, 0.4) is 0 Å². The van der Waals surface area contributed by atoms with Crippen molar-refractivity contribution >= 4 is 15.9 Å². The lowest BCUT2D eigenvalue weighted by Crippen LogP contribution is -2.20. The molecule has 1 unspecified atom stereocenters. The van der Waals surface area contributed by atoms with Crippen LogP contribution in [0.15, 0.2) is 22.7 Å². The Morgan fingerprint density at radius 3 is 2.88 bits per heavy atom. The average molecular weight is 300 g/mol. The Kier molecular flexibility index (Phi) is 4.57. The fourth-order valence-electron chi connectivity index (χ4n) is 2.08. The van der Waals surface area contributed by atoms with Crippen LogP contribution < -0.4 is 5.32 Å². The lowest BCUT2D eigenvalue weighted by atomic mass is 10.1. The van der Waals surface area contributed by atoms with Gasteiger partial charge in [-0.3, -0.25) is 0 Å². The van der Waals surface area contributed by atoms with Gasteiger partial charge in [0.15, 0.2) is 0 Å². The predicted molar refractivity (Wildman–Crippen MR) is 72.5 cm³/mol. The van der Waals surface area contributed by atoms with Crippen molar-refractivity contribution in [3.05, 3.63) is 34.1 Å². The van der Waals surface area contributed by atoms with E-state index in [0.717, 1.165) is 22.5 Å². The minimum Gasteiger partial charge on any atom is -0.310 e. The van der Waals surface area contributed by atoms with Crippen molar-refractivity contribution in [3.8, 4) is 0 Å². The van der Waals surface area contributed by atoms with Crippen LogP contribution in [0.4, 0.5) is 4.39 Å². The Labute approximate surface area is 111 Å². The molecule has 17 heavy (non-hydrogen) atoms. The maximum absolute atomic E-state index is 13.7. The van der Waals surface area contributed by atoms with Crippen LogP contribution in [-0.4, -0.2) is 6.54 Å². The summed E-state index contributed by atoms with van der Waals surface area (Å²) in [5.41, 5.74) is 0.750. The fraction of sp³-hybridized carbons (Fsp3) is 0.571. The summed E-state index contributed by atoms with van der Waals surface area (Å²) in [5.74, 6) is 0.845. The maximum atomic E-state index is 13.7. The quantitative estimate of drug-likeness (QED) is 0.766. The highest BCUT2D eigenvalue weighted by molar-refractivity contribution is 9.10. The molecule has 0 saturated heterocycles. The van der Waals surface area contributed by atoms with Crippen molar-refractivity contribution in [2.45, 2.75) is 38.6 Å². The van der Waals surface area contributed by atoms with Gasteiger partial charge in [-0.1, -0.05) is 34.8 Å². The molecule has 1 atom stereocenters. The summed E-state index contributed by atoms with van der Waals surface area (Å²) in [4.78, 5) is 0. The third kappa shape index (κ3) is 4.07. The van der Waals surface area contributed by atoms with Gasteiger partial charge >= 0.3 is 0 Å². The second kappa shape index (κ2) is 5.96. The Balaban J connectivity index is 1.78. The maximum Gasteiger partial charge on any atom is 0.129 e. The van der Waals surface area contributed by atoms with Crippen molar-refractivity contribution in [2.24, 2.45) is 5.92 Å². The fourth-order valence-corrected chi connectivity index (χ4v) is 2.41. The summed E-state index contributed by atoms with van der Waals surface area (Å²) in [6.07, 6.45) is 5.35. The largest absolute Gasteiger partial charge is 0.310 e. The number of nitrogens with one attached hydrogen (secondary N) is 1. The number of hydrogen-bond acceptors (Lipinski definition) is 1. The van der Waals surface area contributed by atoms with Gasteiger partial charge < -0.3 is 5.32 Å². The highest BCUT2D eigenvalue weighted by atomic mass is 79.9. The Morgan fingerprint density at radius 1 is 1.47 bits per heavy atom. The van der Waals surface area contributed by atoms with E-state index in [2.05, 4.69) is 21.2 Å². The first-order valence-corrected chi connectivity index (χ1v) is 7.14. The molecule has 1 fully saturated rings. The predicted octanol–water partition coefficient (Wildman–Crippen LogP) is 4.43. The lowest BCUT2D eigenvalue weighted by molar-refractivity contribution is 0.507. The molecule has 1 aliphatic carbocycles. The molecule has 1 aromatic rings. The molecular weight excluding hydrogens is 281 g/mol. The van der Waals surface area contributed by atoms with Gasteiger partial charge in [0.25, 0.3) is 0 Å². The summed E-state index contributed by atoms with van der Waals surface area (Å²) >= 11 is 3.27. The molecule has 0 spiro atoms. The van der Waals surface area contributed by atoms with Gasteiger partial charge in [0.1, 0.15) is 5.82 Å². The highest BCUT2D eigenvalue weighted by Crippen LogP contribution is 2.33. The molecule has 0 aromatic heterocycles. The summed E-state index contributed by atoms with van der Waals surface area (Å²) in [6.45, 7) is 3.00. The molecule has 0 bridgehead atoms. The van der Waals surface area contributed by atoms with Crippen LogP contribution in [0, 0.1) is 11.7 Å². The van der Waals surface area contributed by atoms with Crippen molar-refractivity contribution < 1.29 is 4.39 Å². The summed E-state index contributed by atoms with van der Waals surface area (Å²) in [5, 5.41) is 3.39.